The Morgan fingerprint density at radius 2 is 1.85 bits per heavy atom. The molecule has 0 amide bonds. The minimum absolute atomic E-state index is 0.0304. The summed E-state index contributed by atoms with van der Waals surface area (Å²) in [4.78, 5) is -0.268. The third-order valence-corrected chi connectivity index (χ3v) is 3.03. The molecule has 0 saturated heterocycles. The molecule has 0 aromatic rings. The molecule has 5 heteroatoms. The summed E-state index contributed by atoms with van der Waals surface area (Å²) in [5.41, 5.74) is 0. The average molecular weight is 247 g/mol. The Kier molecular flexibility index (Phi) is 5.05. The van der Waals surface area contributed by atoms with E-state index in [1.54, 1.807) is 0 Å². The molecule has 0 fully saturated rings. The highest BCUT2D eigenvalue weighted by Gasteiger charge is 2.18. The van der Waals surface area contributed by atoms with E-state index in [4.69, 9.17) is 22.3 Å². The Hall–Kier alpha value is 0.530. The van der Waals surface area contributed by atoms with Crippen LogP contribution < -0.4 is 0 Å². The molecule has 0 rings (SSSR count). The first kappa shape index (κ1) is 13.5. The van der Waals surface area contributed by atoms with Crippen LogP contribution in [0.15, 0.2) is 0 Å². The fraction of sp³-hybridized carbons (Fsp3) is 1.00. The van der Waals surface area contributed by atoms with Gasteiger partial charge in [-0.05, 0) is 32.6 Å². The molecule has 0 N–H and O–H groups in total. The summed E-state index contributed by atoms with van der Waals surface area (Å²) in [6.45, 7) is 5.81. The first-order chi connectivity index (χ1) is 5.60. The van der Waals surface area contributed by atoms with Crippen molar-refractivity contribution >= 4 is 31.3 Å². The molecule has 0 radical (unpaired) electrons. The highest BCUT2D eigenvalue weighted by molar-refractivity contribution is 8.13. The molecule has 0 spiro atoms. The number of halogens is 2. The van der Waals surface area contributed by atoms with E-state index in [1.165, 1.54) is 0 Å². The third-order valence-electron chi connectivity index (χ3n) is 1.69. The van der Waals surface area contributed by atoms with Crippen LogP contribution in [0.25, 0.3) is 0 Å². The van der Waals surface area contributed by atoms with E-state index in [2.05, 4.69) is 0 Å². The monoisotopic (exact) mass is 246 g/mol. The van der Waals surface area contributed by atoms with Crippen molar-refractivity contribution in [1.82, 2.24) is 0 Å². The molecule has 80 valence electrons. The Morgan fingerprint density at radius 3 is 2.15 bits per heavy atom. The molecule has 1 atom stereocenters. The van der Waals surface area contributed by atoms with E-state index >= 15 is 0 Å². The predicted molar refractivity (Wildman–Crippen MR) is 58.0 cm³/mol. The Bertz CT molecular complexity index is 241. The number of hydrogen-bond acceptors (Lipinski definition) is 2. The normalized spacial score (nSPS) is 15.8. The molecule has 13 heavy (non-hydrogen) atoms. The lowest BCUT2D eigenvalue weighted by Gasteiger charge is -2.20. The van der Waals surface area contributed by atoms with Crippen LogP contribution >= 0.6 is 22.3 Å². The lowest BCUT2D eigenvalue weighted by atomic mass is 9.96. The zero-order valence-electron chi connectivity index (χ0n) is 8.18. The molecular formula is C8H16Cl2O2S. The van der Waals surface area contributed by atoms with Crippen LogP contribution in [0, 0.1) is 5.92 Å². The smallest absolute Gasteiger partial charge is 0.212 e. The van der Waals surface area contributed by atoms with E-state index < -0.39 is 9.05 Å². The molecule has 2 nitrogen and oxygen atoms in total. The quantitative estimate of drug-likeness (QED) is 0.552. The lowest BCUT2D eigenvalue weighted by Crippen LogP contribution is -2.16. The summed E-state index contributed by atoms with van der Waals surface area (Å²) in [6.07, 6.45) is 1.36. The van der Waals surface area contributed by atoms with Crippen molar-refractivity contribution in [3.63, 3.8) is 0 Å². The van der Waals surface area contributed by atoms with Gasteiger partial charge < -0.3 is 0 Å². The first-order valence-corrected chi connectivity index (χ1v) is 7.07. The van der Waals surface area contributed by atoms with Crippen LogP contribution in [0.3, 0.4) is 0 Å². The summed E-state index contributed by atoms with van der Waals surface area (Å²) in [6, 6.07) is 0. The van der Waals surface area contributed by atoms with Gasteiger partial charge in [0.05, 0.1) is 5.75 Å². The maximum atomic E-state index is 10.6. The predicted octanol–water partition coefficient (Wildman–Crippen LogP) is 2.99. The zero-order valence-corrected chi connectivity index (χ0v) is 10.5. The number of rotatable bonds is 5. The van der Waals surface area contributed by atoms with E-state index in [0.29, 0.717) is 6.42 Å². The molecular weight excluding hydrogens is 231 g/mol. The van der Waals surface area contributed by atoms with Gasteiger partial charge in [-0.3, -0.25) is 0 Å². The minimum atomic E-state index is -3.35. The first-order valence-electron chi connectivity index (χ1n) is 4.21. The maximum Gasteiger partial charge on any atom is 0.232 e. The summed E-state index contributed by atoms with van der Waals surface area (Å²) in [5.74, 6) is 0.309. The minimum Gasteiger partial charge on any atom is -0.212 e. The molecule has 0 bridgehead atoms. The average Bonchev–Trinajstić information content (AvgIpc) is 1.78. The van der Waals surface area contributed by atoms with E-state index in [0.717, 1.165) is 6.42 Å². The standard InChI is InChI=1S/C8H16Cl2O2S/c1-7(6-8(2,3)9)4-5-13(10,11)12/h7H,4-6H2,1-3H3. The van der Waals surface area contributed by atoms with Crippen molar-refractivity contribution in [3.8, 4) is 0 Å². The molecule has 0 heterocycles. The SMILES string of the molecule is CC(CCS(=O)(=O)Cl)CC(C)(C)Cl. The fourth-order valence-corrected chi connectivity index (χ4v) is 2.49. The molecule has 0 aliphatic heterocycles. The van der Waals surface area contributed by atoms with Crippen molar-refractivity contribution in [2.24, 2.45) is 5.92 Å². The van der Waals surface area contributed by atoms with Gasteiger partial charge in [0.15, 0.2) is 0 Å². The van der Waals surface area contributed by atoms with Crippen molar-refractivity contribution in [1.29, 1.82) is 0 Å². The van der Waals surface area contributed by atoms with E-state index in [9.17, 15) is 8.42 Å². The van der Waals surface area contributed by atoms with Gasteiger partial charge in [0.1, 0.15) is 0 Å². The van der Waals surface area contributed by atoms with Gasteiger partial charge in [-0.2, -0.15) is 0 Å². The zero-order chi connectivity index (χ0) is 10.7. The van der Waals surface area contributed by atoms with Gasteiger partial charge in [-0.25, -0.2) is 8.42 Å². The molecule has 0 aromatic carbocycles. The van der Waals surface area contributed by atoms with Crippen LogP contribution in [0.4, 0.5) is 0 Å². The van der Waals surface area contributed by atoms with Gasteiger partial charge in [0.25, 0.3) is 0 Å². The van der Waals surface area contributed by atoms with Gasteiger partial charge in [-0.15, -0.1) is 11.6 Å². The highest BCUT2D eigenvalue weighted by atomic mass is 35.7. The molecule has 0 aliphatic carbocycles. The van der Waals surface area contributed by atoms with Gasteiger partial charge >= 0.3 is 0 Å². The summed E-state index contributed by atoms with van der Waals surface area (Å²) >= 11 is 6.00. The van der Waals surface area contributed by atoms with E-state index in [-0.39, 0.29) is 16.5 Å². The Morgan fingerprint density at radius 1 is 1.38 bits per heavy atom. The second-order valence-corrected chi connectivity index (χ2v) is 7.98. The Labute approximate surface area is 90.0 Å². The highest BCUT2D eigenvalue weighted by Crippen LogP contribution is 2.25. The van der Waals surface area contributed by atoms with Crippen LogP contribution in [0.1, 0.15) is 33.6 Å². The van der Waals surface area contributed by atoms with Crippen LogP contribution in [-0.4, -0.2) is 19.0 Å². The number of alkyl halides is 1. The van der Waals surface area contributed by atoms with E-state index in [1.807, 2.05) is 20.8 Å². The second-order valence-electron chi connectivity index (χ2n) is 4.06. The Balaban J connectivity index is 3.84. The van der Waals surface area contributed by atoms with Crippen LogP contribution in [0.2, 0.25) is 0 Å². The molecule has 0 aliphatic rings. The van der Waals surface area contributed by atoms with Crippen LogP contribution in [-0.2, 0) is 9.05 Å². The van der Waals surface area contributed by atoms with Crippen LogP contribution in [0.5, 0.6) is 0 Å². The van der Waals surface area contributed by atoms with Gasteiger partial charge in [0, 0.05) is 15.6 Å². The van der Waals surface area contributed by atoms with Crippen molar-refractivity contribution in [3.05, 3.63) is 0 Å². The van der Waals surface area contributed by atoms with Crippen molar-refractivity contribution in [2.45, 2.75) is 38.5 Å². The topological polar surface area (TPSA) is 34.1 Å². The van der Waals surface area contributed by atoms with Gasteiger partial charge in [-0.1, -0.05) is 6.92 Å². The fourth-order valence-electron chi connectivity index (χ4n) is 1.27. The number of hydrogen-bond donors (Lipinski definition) is 0. The molecule has 0 saturated carbocycles. The lowest BCUT2D eigenvalue weighted by molar-refractivity contribution is 0.449. The van der Waals surface area contributed by atoms with Gasteiger partial charge in [0.2, 0.25) is 9.05 Å². The summed E-state index contributed by atoms with van der Waals surface area (Å²) < 4.78 is 21.3. The van der Waals surface area contributed by atoms with Crippen molar-refractivity contribution < 1.29 is 8.42 Å². The largest absolute Gasteiger partial charge is 0.232 e. The summed E-state index contributed by atoms with van der Waals surface area (Å²) in [5, 5.41) is 0. The molecule has 0 aromatic heterocycles. The third kappa shape index (κ3) is 10.5. The second kappa shape index (κ2) is 4.85. The maximum absolute atomic E-state index is 10.6. The van der Waals surface area contributed by atoms with Crippen molar-refractivity contribution in [2.75, 3.05) is 5.75 Å². The summed E-state index contributed by atoms with van der Waals surface area (Å²) in [7, 11) is 1.74. The molecule has 1 unspecified atom stereocenters.